The van der Waals surface area contributed by atoms with Gasteiger partial charge in [0.05, 0.1) is 10.0 Å². The van der Waals surface area contributed by atoms with Crippen molar-refractivity contribution in [1.29, 1.82) is 0 Å². The number of piperidine rings is 1. The molecule has 3 nitrogen and oxygen atoms in total. The van der Waals surface area contributed by atoms with Crippen LogP contribution in [0.15, 0.2) is 18.2 Å². The van der Waals surface area contributed by atoms with Crippen LogP contribution in [0.5, 0.6) is 0 Å². The zero-order valence-electron chi connectivity index (χ0n) is 9.12. The Labute approximate surface area is 110 Å². The molecule has 0 spiro atoms. The highest BCUT2D eigenvalue weighted by Gasteiger charge is 2.38. The highest BCUT2D eigenvalue weighted by atomic mass is 35.5. The summed E-state index contributed by atoms with van der Waals surface area (Å²) in [4.78, 5) is 14.1. The van der Waals surface area contributed by atoms with Gasteiger partial charge in [0.15, 0.2) is 0 Å². The summed E-state index contributed by atoms with van der Waals surface area (Å²) in [7, 11) is 0. The molecule has 2 bridgehead atoms. The van der Waals surface area contributed by atoms with Gasteiger partial charge in [-0.2, -0.15) is 0 Å². The second kappa shape index (κ2) is 4.16. The molecular weight excluding hydrogens is 259 g/mol. The number of hydrogen-bond donors (Lipinski definition) is 1. The third-order valence-electron chi connectivity index (χ3n) is 3.38. The lowest BCUT2D eigenvalue weighted by atomic mass is 9.91. The predicted octanol–water partition coefficient (Wildman–Crippen LogP) is 2.18. The van der Waals surface area contributed by atoms with Crippen molar-refractivity contribution in [3.63, 3.8) is 0 Å². The van der Waals surface area contributed by atoms with E-state index in [2.05, 4.69) is 5.32 Å². The van der Waals surface area contributed by atoms with E-state index in [0.717, 1.165) is 13.1 Å². The lowest BCUT2D eigenvalue weighted by Gasteiger charge is -2.48. The van der Waals surface area contributed by atoms with E-state index in [-0.39, 0.29) is 5.91 Å². The van der Waals surface area contributed by atoms with Gasteiger partial charge in [0.2, 0.25) is 0 Å². The quantitative estimate of drug-likeness (QED) is 0.849. The molecule has 2 atom stereocenters. The Kier molecular flexibility index (Phi) is 2.77. The zero-order valence-corrected chi connectivity index (χ0v) is 10.6. The first-order chi connectivity index (χ1) is 8.13. The van der Waals surface area contributed by atoms with Crippen molar-refractivity contribution in [3.8, 4) is 0 Å². The largest absolute Gasteiger partial charge is 0.336 e. The van der Waals surface area contributed by atoms with Gasteiger partial charge >= 0.3 is 0 Å². The van der Waals surface area contributed by atoms with Crippen molar-refractivity contribution in [3.05, 3.63) is 33.8 Å². The average molecular weight is 271 g/mol. The molecule has 1 amide bonds. The SMILES string of the molecule is O=C(c1ccc(Cl)c(Cl)c1)N1C[C@H]2C[C@@H](C1)N2. The molecule has 0 radical (unpaired) electrons. The molecule has 1 aromatic carbocycles. The number of amides is 1. The van der Waals surface area contributed by atoms with Crippen molar-refractivity contribution < 1.29 is 4.79 Å². The molecule has 1 aromatic rings. The number of nitrogens with one attached hydrogen (secondary N) is 1. The van der Waals surface area contributed by atoms with Crippen LogP contribution in [0.1, 0.15) is 16.8 Å². The first kappa shape index (κ1) is 11.3. The van der Waals surface area contributed by atoms with E-state index in [9.17, 15) is 4.79 Å². The number of nitrogens with zero attached hydrogens (tertiary/aromatic N) is 1. The number of halogens is 2. The summed E-state index contributed by atoms with van der Waals surface area (Å²) in [5, 5.41) is 4.30. The number of benzene rings is 1. The summed E-state index contributed by atoms with van der Waals surface area (Å²) in [5.74, 6) is 0.0415. The maximum absolute atomic E-state index is 12.2. The third kappa shape index (κ3) is 2.03. The van der Waals surface area contributed by atoms with Gasteiger partial charge in [-0.25, -0.2) is 0 Å². The first-order valence-corrected chi connectivity index (χ1v) is 6.39. The fourth-order valence-electron chi connectivity index (χ4n) is 2.49. The number of rotatable bonds is 1. The minimum atomic E-state index is 0.0415. The second-order valence-corrected chi connectivity index (χ2v) is 5.45. The van der Waals surface area contributed by atoms with Crippen LogP contribution in [0.2, 0.25) is 10.0 Å². The van der Waals surface area contributed by atoms with Crippen LogP contribution < -0.4 is 5.32 Å². The Balaban J connectivity index is 1.79. The molecule has 17 heavy (non-hydrogen) atoms. The van der Waals surface area contributed by atoms with E-state index in [1.165, 1.54) is 6.42 Å². The fraction of sp³-hybridized carbons (Fsp3) is 0.417. The number of hydrogen-bond acceptors (Lipinski definition) is 2. The Bertz CT molecular complexity index is 462. The molecule has 4 rings (SSSR count). The van der Waals surface area contributed by atoms with Gasteiger partial charge in [-0.05, 0) is 24.6 Å². The molecule has 90 valence electrons. The van der Waals surface area contributed by atoms with E-state index in [1.807, 2.05) is 4.90 Å². The van der Waals surface area contributed by atoms with Crippen LogP contribution in [-0.2, 0) is 0 Å². The molecule has 0 unspecified atom stereocenters. The molecule has 3 aliphatic rings. The van der Waals surface area contributed by atoms with Gasteiger partial charge in [0.25, 0.3) is 5.91 Å². The lowest BCUT2D eigenvalue weighted by molar-refractivity contribution is 0.0474. The van der Waals surface area contributed by atoms with E-state index in [0.29, 0.717) is 27.7 Å². The second-order valence-electron chi connectivity index (χ2n) is 4.64. The van der Waals surface area contributed by atoms with Gasteiger partial charge in [-0.1, -0.05) is 23.2 Å². The number of piperazine rings is 1. The fourth-order valence-corrected chi connectivity index (χ4v) is 2.79. The summed E-state index contributed by atoms with van der Waals surface area (Å²) in [5.41, 5.74) is 0.612. The van der Waals surface area contributed by atoms with Gasteiger partial charge in [-0.15, -0.1) is 0 Å². The number of fused-ring (bicyclic) bond motifs is 2. The predicted molar refractivity (Wildman–Crippen MR) is 67.7 cm³/mol. The van der Waals surface area contributed by atoms with Gasteiger partial charge < -0.3 is 10.2 Å². The summed E-state index contributed by atoms with van der Waals surface area (Å²) < 4.78 is 0. The minimum Gasteiger partial charge on any atom is -0.336 e. The Morgan fingerprint density at radius 1 is 1.24 bits per heavy atom. The van der Waals surface area contributed by atoms with Gasteiger partial charge in [0.1, 0.15) is 0 Å². The van der Waals surface area contributed by atoms with Gasteiger partial charge in [0, 0.05) is 30.7 Å². The molecule has 0 saturated carbocycles. The van der Waals surface area contributed by atoms with Crippen molar-refractivity contribution in [2.45, 2.75) is 18.5 Å². The van der Waals surface area contributed by atoms with E-state index in [4.69, 9.17) is 23.2 Å². The maximum atomic E-state index is 12.2. The summed E-state index contributed by atoms with van der Waals surface area (Å²) in [6, 6.07) is 5.98. The molecule has 3 fully saturated rings. The van der Waals surface area contributed by atoms with Crippen LogP contribution in [-0.4, -0.2) is 36.0 Å². The Morgan fingerprint density at radius 2 is 1.88 bits per heavy atom. The lowest BCUT2D eigenvalue weighted by Crippen LogP contribution is -2.67. The molecule has 3 saturated heterocycles. The highest BCUT2D eigenvalue weighted by molar-refractivity contribution is 6.42. The summed E-state index contributed by atoms with van der Waals surface area (Å²) in [6.07, 6.45) is 1.19. The van der Waals surface area contributed by atoms with Crippen LogP contribution in [0.25, 0.3) is 0 Å². The Hall–Kier alpha value is -0.770. The molecule has 1 N–H and O–H groups in total. The number of carbonyl (C=O) groups excluding carboxylic acids is 1. The summed E-state index contributed by atoms with van der Waals surface area (Å²) >= 11 is 11.8. The monoisotopic (exact) mass is 270 g/mol. The van der Waals surface area contributed by atoms with Crippen molar-refractivity contribution in [1.82, 2.24) is 10.2 Å². The van der Waals surface area contributed by atoms with Crippen LogP contribution in [0.4, 0.5) is 0 Å². The van der Waals surface area contributed by atoms with Crippen molar-refractivity contribution >= 4 is 29.1 Å². The molecule has 3 aliphatic heterocycles. The molecule has 0 aliphatic carbocycles. The van der Waals surface area contributed by atoms with Crippen molar-refractivity contribution in [2.24, 2.45) is 0 Å². The molecular formula is C12H12Cl2N2O. The maximum Gasteiger partial charge on any atom is 0.254 e. The topological polar surface area (TPSA) is 32.3 Å². The first-order valence-electron chi connectivity index (χ1n) is 5.64. The standard InChI is InChI=1S/C12H12Cl2N2O/c13-10-2-1-7(3-11(10)14)12(17)16-5-8-4-9(6-16)15-8/h1-3,8-9,15H,4-6H2/t8-,9+. The minimum absolute atomic E-state index is 0.0415. The average Bonchev–Trinajstić information content (AvgIpc) is 2.31. The molecule has 5 heteroatoms. The molecule has 3 heterocycles. The third-order valence-corrected chi connectivity index (χ3v) is 4.11. The van der Waals surface area contributed by atoms with Gasteiger partial charge in [-0.3, -0.25) is 4.79 Å². The van der Waals surface area contributed by atoms with Crippen LogP contribution in [0, 0.1) is 0 Å². The van der Waals surface area contributed by atoms with E-state index >= 15 is 0 Å². The van der Waals surface area contributed by atoms with E-state index in [1.54, 1.807) is 18.2 Å². The van der Waals surface area contributed by atoms with Crippen molar-refractivity contribution in [2.75, 3.05) is 13.1 Å². The smallest absolute Gasteiger partial charge is 0.254 e. The normalized spacial score (nSPS) is 26.6. The summed E-state index contributed by atoms with van der Waals surface area (Å²) in [6.45, 7) is 1.57. The van der Waals surface area contributed by atoms with E-state index < -0.39 is 0 Å². The Morgan fingerprint density at radius 3 is 2.47 bits per heavy atom. The van der Waals surface area contributed by atoms with Crippen LogP contribution >= 0.6 is 23.2 Å². The molecule has 0 aromatic heterocycles. The highest BCUT2D eigenvalue weighted by Crippen LogP contribution is 2.26. The zero-order chi connectivity index (χ0) is 12.0. The number of carbonyl (C=O) groups is 1. The van der Waals surface area contributed by atoms with Crippen LogP contribution in [0.3, 0.4) is 0 Å².